The van der Waals surface area contributed by atoms with Crippen LogP contribution in [0.2, 0.25) is 0 Å². The zero-order chi connectivity index (χ0) is 16.9. The molecule has 0 heterocycles. The van der Waals surface area contributed by atoms with Crippen LogP contribution in [0.1, 0.15) is 76.7 Å². The number of nitro groups is 1. The molecular weight excluding hydrogens is 290 g/mol. The van der Waals surface area contributed by atoms with Crippen molar-refractivity contribution in [1.29, 1.82) is 0 Å². The normalized spacial score (nSPS) is 10.7. The van der Waals surface area contributed by atoms with Crippen LogP contribution in [0.4, 0.5) is 5.69 Å². The molecule has 0 bridgehead atoms. The van der Waals surface area contributed by atoms with Crippen LogP contribution >= 0.6 is 0 Å². The molecule has 4 nitrogen and oxygen atoms in total. The van der Waals surface area contributed by atoms with Crippen molar-refractivity contribution in [3.8, 4) is 0 Å². The van der Waals surface area contributed by atoms with Crippen molar-refractivity contribution in [2.75, 3.05) is 0 Å². The van der Waals surface area contributed by atoms with Crippen LogP contribution in [0, 0.1) is 10.1 Å². The highest BCUT2D eigenvalue weighted by Gasteiger charge is 2.16. The standard InChI is InChI=1S/C19H29NO3/c1-2-3-4-5-6-7-8-9-10-11-14-17-15-12-13-16-18(21)19(17)20(22)23/h12-13,15-16H,2-11,14H2,1H3. The fraction of sp³-hybridized carbons (Fsp3) is 0.632. The minimum Gasteiger partial charge on any atom is -0.282 e. The van der Waals surface area contributed by atoms with Gasteiger partial charge in [-0.15, -0.1) is 0 Å². The van der Waals surface area contributed by atoms with Crippen molar-refractivity contribution < 1.29 is 4.92 Å². The van der Waals surface area contributed by atoms with Crippen molar-refractivity contribution in [3.63, 3.8) is 0 Å². The second-order valence-corrected chi connectivity index (χ2v) is 6.15. The molecular formula is C19H29NO3. The van der Waals surface area contributed by atoms with Crippen LogP contribution in [0.15, 0.2) is 29.1 Å². The van der Waals surface area contributed by atoms with E-state index in [0.29, 0.717) is 12.0 Å². The van der Waals surface area contributed by atoms with Crippen LogP contribution in [-0.2, 0) is 6.42 Å². The molecule has 0 atom stereocenters. The topological polar surface area (TPSA) is 60.2 Å². The van der Waals surface area contributed by atoms with Gasteiger partial charge in [0.15, 0.2) is 0 Å². The van der Waals surface area contributed by atoms with Crippen molar-refractivity contribution >= 4 is 5.69 Å². The lowest BCUT2D eigenvalue weighted by Crippen LogP contribution is -2.07. The maximum atomic E-state index is 11.7. The molecule has 0 N–H and O–H groups in total. The molecule has 0 fully saturated rings. The molecule has 0 radical (unpaired) electrons. The van der Waals surface area contributed by atoms with Gasteiger partial charge in [0.05, 0.1) is 4.92 Å². The molecule has 0 unspecified atom stereocenters. The van der Waals surface area contributed by atoms with Gasteiger partial charge < -0.3 is 0 Å². The second-order valence-electron chi connectivity index (χ2n) is 6.15. The molecule has 0 spiro atoms. The van der Waals surface area contributed by atoms with Crippen molar-refractivity contribution in [2.24, 2.45) is 0 Å². The highest BCUT2D eigenvalue weighted by atomic mass is 16.6. The maximum Gasteiger partial charge on any atom is 0.319 e. The number of nitrogens with zero attached hydrogens (tertiary/aromatic N) is 1. The summed E-state index contributed by atoms with van der Waals surface area (Å²) in [6.07, 6.45) is 12.9. The minimum atomic E-state index is -0.548. The van der Waals surface area contributed by atoms with Crippen LogP contribution in [-0.4, -0.2) is 4.92 Å². The van der Waals surface area contributed by atoms with Crippen molar-refractivity contribution in [1.82, 2.24) is 0 Å². The van der Waals surface area contributed by atoms with Crippen molar-refractivity contribution in [2.45, 2.75) is 77.6 Å². The zero-order valence-corrected chi connectivity index (χ0v) is 14.3. The van der Waals surface area contributed by atoms with E-state index in [1.54, 1.807) is 18.2 Å². The van der Waals surface area contributed by atoms with E-state index in [2.05, 4.69) is 6.92 Å². The summed E-state index contributed by atoms with van der Waals surface area (Å²) in [6.45, 7) is 2.23. The fourth-order valence-corrected chi connectivity index (χ4v) is 2.84. The Morgan fingerprint density at radius 3 is 1.96 bits per heavy atom. The Morgan fingerprint density at radius 2 is 1.39 bits per heavy atom. The van der Waals surface area contributed by atoms with E-state index < -0.39 is 10.4 Å². The minimum absolute atomic E-state index is 0.258. The largest absolute Gasteiger partial charge is 0.319 e. The van der Waals surface area contributed by atoms with Gasteiger partial charge in [0, 0.05) is 5.56 Å². The van der Waals surface area contributed by atoms with E-state index in [4.69, 9.17) is 0 Å². The third-order valence-electron chi connectivity index (χ3n) is 4.18. The summed E-state index contributed by atoms with van der Waals surface area (Å²) >= 11 is 0. The highest BCUT2D eigenvalue weighted by Crippen LogP contribution is 2.16. The van der Waals surface area contributed by atoms with Crippen LogP contribution in [0.25, 0.3) is 0 Å². The summed E-state index contributed by atoms with van der Waals surface area (Å²) in [4.78, 5) is 22.2. The Bertz CT molecular complexity index is 528. The van der Waals surface area contributed by atoms with Crippen LogP contribution < -0.4 is 5.43 Å². The molecule has 1 aromatic carbocycles. The third kappa shape index (κ3) is 7.91. The number of hydrogen-bond acceptors (Lipinski definition) is 3. The van der Waals surface area contributed by atoms with E-state index in [0.717, 1.165) is 12.8 Å². The molecule has 0 aliphatic carbocycles. The molecule has 0 saturated carbocycles. The first-order valence-electron chi connectivity index (χ1n) is 8.93. The van der Waals surface area contributed by atoms with E-state index in [1.165, 1.54) is 57.4 Å². The first kappa shape index (κ1) is 19.3. The molecule has 1 aromatic rings. The Hall–Kier alpha value is -1.71. The Morgan fingerprint density at radius 1 is 0.870 bits per heavy atom. The van der Waals surface area contributed by atoms with Gasteiger partial charge in [0.2, 0.25) is 0 Å². The third-order valence-corrected chi connectivity index (χ3v) is 4.18. The summed E-state index contributed by atoms with van der Waals surface area (Å²) < 4.78 is 0. The number of aryl methyl sites for hydroxylation is 1. The average molecular weight is 319 g/mol. The first-order chi connectivity index (χ1) is 11.2. The van der Waals surface area contributed by atoms with Gasteiger partial charge in [-0.05, 0) is 18.9 Å². The zero-order valence-electron chi connectivity index (χ0n) is 14.3. The highest BCUT2D eigenvalue weighted by molar-refractivity contribution is 5.38. The van der Waals surface area contributed by atoms with Gasteiger partial charge in [-0.25, -0.2) is 0 Å². The van der Waals surface area contributed by atoms with E-state index in [-0.39, 0.29) is 5.69 Å². The Balaban J connectivity index is 2.27. The van der Waals surface area contributed by atoms with Gasteiger partial charge in [-0.1, -0.05) is 82.9 Å². The molecule has 0 saturated heterocycles. The Labute approximate surface area is 139 Å². The van der Waals surface area contributed by atoms with E-state index in [1.807, 2.05) is 0 Å². The number of hydrogen-bond donors (Lipinski definition) is 0. The lowest BCUT2D eigenvalue weighted by Gasteiger charge is -2.02. The molecule has 1 rings (SSSR count). The molecule has 4 heteroatoms. The van der Waals surface area contributed by atoms with Gasteiger partial charge in [0.1, 0.15) is 0 Å². The predicted octanol–water partition coefficient (Wildman–Crippen LogP) is 5.42. The summed E-state index contributed by atoms with van der Waals surface area (Å²) in [7, 11) is 0. The number of rotatable bonds is 12. The van der Waals surface area contributed by atoms with Gasteiger partial charge in [-0.3, -0.25) is 14.9 Å². The van der Waals surface area contributed by atoms with Crippen LogP contribution in [0.5, 0.6) is 0 Å². The summed E-state index contributed by atoms with van der Waals surface area (Å²) in [6, 6.07) is 6.24. The lowest BCUT2D eigenvalue weighted by atomic mass is 10.0. The maximum absolute atomic E-state index is 11.7. The first-order valence-corrected chi connectivity index (χ1v) is 8.93. The van der Waals surface area contributed by atoms with E-state index in [9.17, 15) is 14.9 Å². The van der Waals surface area contributed by atoms with Gasteiger partial charge in [0.25, 0.3) is 5.43 Å². The summed E-state index contributed by atoms with van der Waals surface area (Å²) in [5.74, 6) is 0. The quantitative estimate of drug-likeness (QED) is 0.294. The lowest BCUT2D eigenvalue weighted by molar-refractivity contribution is -0.386. The monoisotopic (exact) mass is 319 g/mol. The van der Waals surface area contributed by atoms with Gasteiger partial charge in [-0.2, -0.15) is 0 Å². The van der Waals surface area contributed by atoms with Gasteiger partial charge >= 0.3 is 5.69 Å². The molecule has 0 aromatic heterocycles. The predicted molar refractivity (Wildman–Crippen MR) is 94.9 cm³/mol. The summed E-state index contributed by atoms with van der Waals surface area (Å²) in [5, 5.41) is 11.1. The molecule has 0 aliphatic rings. The SMILES string of the molecule is CCCCCCCCCCCCc1ccccc(=O)c1[N+](=O)[O-]. The average Bonchev–Trinajstić information content (AvgIpc) is 2.70. The second kappa shape index (κ2) is 11.8. The number of unbranched alkanes of at least 4 members (excludes halogenated alkanes) is 9. The molecule has 0 amide bonds. The molecule has 0 aliphatic heterocycles. The molecule has 128 valence electrons. The smallest absolute Gasteiger partial charge is 0.282 e. The van der Waals surface area contributed by atoms with Crippen LogP contribution in [0.3, 0.4) is 0 Å². The van der Waals surface area contributed by atoms with E-state index >= 15 is 0 Å². The Kier molecular flexibility index (Phi) is 9.92. The fourth-order valence-electron chi connectivity index (χ4n) is 2.84. The molecule has 23 heavy (non-hydrogen) atoms. The summed E-state index contributed by atoms with van der Waals surface area (Å²) in [5.41, 5.74) is -0.197. The van der Waals surface area contributed by atoms with Crippen molar-refractivity contribution in [3.05, 3.63) is 50.2 Å².